The second-order valence-electron chi connectivity index (χ2n) is 1.61. The lowest BCUT2D eigenvalue weighted by molar-refractivity contribution is 0.138. The molecule has 0 aliphatic rings. The van der Waals surface area contributed by atoms with Gasteiger partial charge in [0.2, 0.25) is 0 Å². The summed E-state index contributed by atoms with van der Waals surface area (Å²) in [4.78, 5) is 0. The summed E-state index contributed by atoms with van der Waals surface area (Å²) in [6.45, 7) is 5.64. The Labute approximate surface area is 51.4 Å². The molecule has 0 spiro atoms. The Hall–Kier alpha value is -0.300. The zero-order valence-electron chi connectivity index (χ0n) is 5.55. The third-order valence-electron chi connectivity index (χ3n) is 1.06. The minimum atomic E-state index is 0.257. The average Bonchev–Trinajstić information content (AvgIpc) is 1.83. The van der Waals surface area contributed by atoms with Gasteiger partial charge in [-0.3, -0.25) is 0 Å². The van der Waals surface area contributed by atoms with Crippen molar-refractivity contribution in [2.24, 2.45) is 0 Å². The third-order valence-corrected chi connectivity index (χ3v) is 1.06. The van der Waals surface area contributed by atoms with Gasteiger partial charge < -0.3 is 4.74 Å². The van der Waals surface area contributed by atoms with Crippen molar-refractivity contribution in [2.45, 2.75) is 19.4 Å². The van der Waals surface area contributed by atoms with E-state index in [1.165, 1.54) is 0 Å². The number of methoxy groups -OCH3 is 1. The molecule has 0 aromatic heterocycles. The summed E-state index contributed by atoms with van der Waals surface area (Å²) in [5.41, 5.74) is 0. The van der Waals surface area contributed by atoms with E-state index in [0.29, 0.717) is 0 Å². The van der Waals surface area contributed by atoms with Crippen LogP contribution in [-0.2, 0) is 4.74 Å². The van der Waals surface area contributed by atoms with Gasteiger partial charge in [-0.25, -0.2) is 0 Å². The van der Waals surface area contributed by atoms with Crippen LogP contribution in [0.1, 0.15) is 13.3 Å². The lowest BCUT2D eigenvalue weighted by atomic mass is 10.2. The van der Waals surface area contributed by atoms with Gasteiger partial charge in [-0.15, -0.1) is 0 Å². The second kappa shape index (κ2) is 4.85. The molecule has 0 bridgehead atoms. The minimum absolute atomic E-state index is 0.257. The highest BCUT2D eigenvalue weighted by Crippen LogP contribution is 1.95. The molecule has 8 heavy (non-hydrogen) atoms. The molecule has 1 nitrogen and oxygen atoms in total. The van der Waals surface area contributed by atoms with Crippen molar-refractivity contribution in [2.75, 3.05) is 7.11 Å². The van der Waals surface area contributed by atoms with Crippen LogP contribution in [0, 0.1) is 6.92 Å². The van der Waals surface area contributed by atoms with Crippen LogP contribution in [-0.4, -0.2) is 13.2 Å². The molecule has 47 valence electrons. The molecule has 0 aliphatic carbocycles. The highest BCUT2D eigenvalue weighted by atomic mass is 16.5. The van der Waals surface area contributed by atoms with Crippen LogP contribution in [0.4, 0.5) is 0 Å². The highest BCUT2D eigenvalue weighted by Gasteiger charge is 1.93. The van der Waals surface area contributed by atoms with Gasteiger partial charge in [-0.2, -0.15) is 0 Å². The molecule has 1 unspecified atom stereocenters. The smallest absolute Gasteiger partial charge is 0.0749 e. The maximum absolute atomic E-state index is 5.01. The van der Waals surface area contributed by atoms with E-state index in [1.54, 1.807) is 13.2 Å². The lowest BCUT2D eigenvalue weighted by Crippen LogP contribution is -2.03. The molecule has 0 aromatic rings. The van der Waals surface area contributed by atoms with Gasteiger partial charge in [-0.1, -0.05) is 19.1 Å². The van der Waals surface area contributed by atoms with Crippen molar-refractivity contribution in [1.29, 1.82) is 0 Å². The molecule has 0 aliphatic heterocycles. The molecule has 0 heterocycles. The predicted molar refractivity (Wildman–Crippen MR) is 35.6 cm³/mol. The topological polar surface area (TPSA) is 9.23 Å². The van der Waals surface area contributed by atoms with Gasteiger partial charge in [0.1, 0.15) is 0 Å². The number of hydrogen-bond acceptors (Lipinski definition) is 1. The van der Waals surface area contributed by atoms with E-state index < -0.39 is 0 Å². The van der Waals surface area contributed by atoms with Crippen molar-refractivity contribution >= 4 is 0 Å². The van der Waals surface area contributed by atoms with E-state index in [1.807, 2.05) is 6.08 Å². The van der Waals surface area contributed by atoms with Crippen molar-refractivity contribution in [3.05, 3.63) is 19.1 Å². The van der Waals surface area contributed by atoms with Crippen molar-refractivity contribution in [3.8, 4) is 0 Å². The normalized spacial score (nSPS) is 14.9. The molecule has 0 saturated carbocycles. The summed E-state index contributed by atoms with van der Waals surface area (Å²) >= 11 is 0. The van der Waals surface area contributed by atoms with Crippen LogP contribution in [0.15, 0.2) is 12.2 Å². The fraction of sp³-hybridized carbons (Fsp3) is 0.571. The van der Waals surface area contributed by atoms with E-state index in [9.17, 15) is 0 Å². The maximum atomic E-state index is 5.01. The average molecular weight is 113 g/mol. The lowest BCUT2D eigenvalue weighted by Gasteiger charge is -2.04. The quantitative estimate of drug-likeness (QED) is 0.542. The van der Waals surface area contributed by atoms with E-state index in [0.717, 1.165) is 6.42 Å². The molecular weight excluding hydrogens is 100 g/mol. The Balaban J connectivity index is 3.36. The van der Waals surface area contributed by atoms with Crippen LogP contribution in [0.5, 0.6) is 0 Å². The van der Waals surface area contributed by atoms with Crippen LogP contribution in [0.3, 0.4) is 0 Å². The predicted octanol–water partition coefficient (Wildman–Crippen LogP) is 1.80. The molecule has 0 rings (SSSR count). The van der Waals surface area contributed by atoms with Crippen molar-refractivity contribution in [3.63, 3.8) is 0 Å². The fourth-order valence-corrected chi connectivity index (χ4v) is 0.533. The van der Waals surface area contributed by atoms with E-state index in [2.05, 4.69) is 13.8 Å². The summed E-state index contributed by atoms with van der Waals surface area (Å²) in [6.07, 6.45) is 4.98. The van der Waals surface area contributed by atoms with Gasteiger partial charge in [-0.05, 0) is 13.3 Å². The molecular formula is C7H13O. The van der Waals surface area contributed by atoms with Gasteiger partial charge in [0.15, 0.2) is 0 Å². The summed E-state index contributed by atoms with van der Waals surface area (Å²) in [5.74, 6) is 0. The number of ether oxygens (including phenoxy) is 1. The summed E-state index contributed by atoms with van der Waals surface area (Å²) < 4.78 is 5.01. The Morgan fingerprint density at radius 3 is 2.50 bits per heavy atom. The Morgan fingerprint density at radius 1 is 1.75 bits per heavy atom. The van der Waals surface area contributed by atoms with E-state index in [4.69, 9.17) is 4.74 Å². The first-order chi connectivity index (χ1) is 3.85. The molecule has 0 N–H and O–H groups in total. The standard InChI is InChI=1S/C7H13O/c1-4-6-7(5-2)8-3/h4,6-7H,1,5H2,2-3H3. The Bertz CT molecular complexity index is 62.8. The molecule has 1 heteroatoms. The number of hydrogen-bond donors (Lipinski definition) is 0. The zero-order chi connectivity index (χ0) is 6.41. The van der Waals surface area contributed by atoms with Gasteiger partial charge in [0.05, 0.1) is 6.10 Å². The van der Waals surface area contributed by atoms with Gasteiger partial charge in [0, 0.05) is 7.11 Å². The molecule has 0 fully saturated rings. The first-order valence-corrected chi connectivity index (χ1v) is 2.83. The number of rotatable bonds is 3. The molecule has 1 radical (unpaired) electrons. The number of allylic oxidation sites excluding steroid dienone is 1. The fourth-order valence-electron chi connectivity index (χ4n) is 0.533. The monoisotopic (exact) mass is 113 g/mol. The SMILES string of the molecule is [CH2]C=CC(CC)OC. The Kier molecular flexibility index (Phi) is 4.67. The van der Waals surface area contributed by atoms with Crippen LogP contribution >= 0.6 is 0 Å². The summed E-state index contributed by atoms with van der Waals surface area (Å²) in [5, 5.41) is 0. The molecule has 1 atom stereocenters. The molecule has 0 saturated heterocycles. The van der Waals surface area contributed by atoms with Crippen molar-refractivity contribution < 1.29 is 4.74 Å². The molecule has 0 aromatic carbocycles. The largest absolute Gasteiger partial charge is 0.377 e. The van der Waals surface area contributed by atoms with E-state index in [-0.39, 0.29) is 6.10 Å². The first kappa shape index (κ1) is 7.70. The summed E-state index contributed by atoms with van der Waals surface area (Å²) in [6, 6.07) is 0. The van der Waals surface area contributed by atoms with Crippen LogP contribution in [0.25, 0.3) is 0 Å². The van der Waals surface area contributed by atoms with Crippen LogP contribution < -0.4 is 0 Å². The van der Waals surface area contributed by atoms with Gasteiger partial charge in [0.25, 0.3) is 0 Å². The highest BCUT2D eigenvalue weighted by molar-refractivity contribution is 4.90. The molecule has 0 amide bonds. The minimum Gasteiger partial charge on any atom is -0.377 e. The second-order valence-corrected chi connectivity index (χ2v) is 1.61. The van der Waals surface area contributed by atoms with E-state index >= 15 is 0 Å². The van der Waals surface area contributed by atoms with Gasteiger partial charge >= 0.3 is 0 Å². The zero-order valence-corrected chi connectivity index (χ0v) is 5.55. The van der Waals surface area contributed by atoms with Crippen LogP contribution in [0.2, 0.25) is 0 Å². The van der Waals surface area contributed by atoms with Crippen molar-refractivity contribution in [1.82, 2.24) is 0 Å². The summed E-state index contributed by atoms with van der Waals surface area (Å²) in [7, 11) is 1.70. The third kappa shape index (κ3) is 2.80. The maximum Gasteiger partial charge on any atom is 0.0749 e. The first-order valence-electron chi connectivity index (χ1n) is 2.83. The Morgan fingerprint density at radius 2 is 2.38 bits per heavy atom.